The van der Waals surface area contributed by atoms with E-state index in [1.54, 1.807) is 55.6 Å². The summed E-state index contributed by atoms with van der Waals surface area (Å²) in [5.74, 6) is -0.599. The Labute approximate surface area is 199 Å². The summed E-state index contributed by atoms with van der Waals surface area (Å²) in [6.45, 7) is 0. The minimum Gasteiger partial charge on any atom is -0.361 e. The second-order valence-electron chi connectivity index (χ2n) is 7.74. The lowest BCUT2D eigenvalue weighted by atomic mass is 10.1. The van der Waals surface area contributed by atoms with Crippen LogP contribution in [0.1, 0.15) is 26.3 Å². The van der Waals surface area contributed by atoms with Gasteiger partial charge in [0, 0.05) is 46.5 Å². The van der Waals surface area contributed by atoms with Crippen molar-refractivity contribution < 1.29 is 9.59 Å². The zero-order valence-electron chi connectivity index (χ0n) is 18.6. The minimum absolute atomic E-state index is 0.239. The fourth-order valence-electron chi connectivity index (χ4n) is 3.74. The summed E-state index contributed by atoms with van der Waals surface area (Å²) in [7, 11) is 1.55. The van der Waals surface area contributed by atoms with Gasteiger partial charge in [-0.3, -0.25) is 9.59 Å². The van der Waals surface area contributed by atoms with Crippen molar-refractivity contribution in [2.45, 2.75) is 0 Å². The Kier molecular flexibility index (Phi) is 5.53. The van der Waals surface area contributed by atoms with Gasteiger partial charge < -0.3 is 15.6 Å². The maximum absolute atomic E-state index is 12.8. The minimum atomic E-state index is -0.356. The first-order valence-corrected chi connectivity index (χ1v) is 10.7. The number of aromatic amines is 1. The molecule has 3 aromatic carbocycles. The van der Waals surface area contributed by atoms with Crippen molar-refractivity contribution in [2.24, 2.45) is 0 Å². The van der Waals surface area contributed by atoms with E-state index in [9.17, 15) is 14.9 Å². The number of hydrogen-bond acceptors (Lipinski definition) is 5. The molecule has 0 bridgehead atoms. The first-order valence-electron chi connectivity index (χ1n) is 10.7. The van der Waals surface area contributed by atoms with E-state index >= 15 is 0 Å². The van der Waals surface area contributed by atoms with Crippen LogP contribution in [-0.2, 0) is 0 Å². The van der Waals surface area contributed by atoms with E-state index in [0.717, 1.165) is 16.5 Å². The highest BCUT2D eigenvalue weighted by Crippen LogP contribution is 2.22. The lowest BCUT2D eigenvalue weighted by molar-refractivity contribution is 0.0961. The number of nitrogens with zero attached hydrogens (tertiary/aromatic N) is 4. The van der Waals surface area contributed by atoms with Gasteiger partial charge in [-0.2, -0.15) is 5.26 Å². The van der Waals surface area contributed by atoms with Gasteiger partial charge in [-0.1, -0.05) is 24.3 Å². The number of rotatable bonds is 5. The second kappa shape index (κ2) is 8.96. The number of nitriles is 1. The van der Waals surface area contributed by atoms with Crippen molar-refractivity contribution in [3.8, 4) is 6.07 Å². The number of H-pyrrole nitrogens is 1. The number of carbonyl (C=O) groups is 2. The first kappa shape index (κ1) is 21.6. The number of allylic oxidation sites excluding steroid dienone is 1. The lowest BCUT2D eigenvalue weighted by Crippen LogP contribution is -2.18. The van der Waals surface area contributed by atoms with Gasteiger partial charge in [0.25, 0.3) is 11.8 Å². The van der Waals surface area contributed by atoms with Crippen LogP contribution in [0.2, 0.25) is 0 Å². The van der Waals surface area contributed by atoms with Crippen LogP contribution >= 0.6 is 0 Å². The smallest absolute Gasteiger partial charge is 0.255 e. The van der Waals surface area contributed by atoms with Crippen LogP contribution < -0.4 is 10.6 Å². The molecule has 0 saturated carbocycles. The highest BCUT2D eigenvalue weighted by Gasteiger charge is 2.13. The summed E-state index contributed by atoms with van der Waals surface area (Å²) in [4.78, 5) is 29.1. The predicted octanol–water partition coefficient (Wildman–Crippen LogP) is 4.05. The van der Waals surface area contributed by atoms with E-state index in [1.807, 2.05) is 30.5 Å². The van der Waals surface area contributed by atoms with E-state index in [-0.39, 0.29) is 17.5 Å². The van der Waals surface area contributed by atoms with Crippen molar-refractivity contribution >= 4 is 51.2 Å². The molecule has 5 aromatic rings. The van der Waals surface area contributed by atoms with Crippen LogP contribution in [0.5, 0.6) is 0 Å². The molecule has 2 amide bonds. The Morgan fingerprint density at radius 1 is 0.971 bits per heavy atom. The molecule has 0 saturated heterocycles. The van der Waals surface area contributed by atoms with E-state index in [4.69, 9.17) is 0 Å². The lowest BCUT2D eigenvalue weighted by Gasteiger charge is -2.07. The topological polar surface area (TPSA) is 128 Å². The van der Waals surface area contributed by atoms with Gasteiger partial charge in [0.2, 0.25) is 0 Å². The largest absolute Gasteiger partial charge is 0.361 e. The molecule has 0 spiro atoms. The normalized spacial score (nSPS) is 11.4. The predicted molar refractivity (Wildman–Crippen MR) is 133 cm³/mol. The molecule has 170 valence electrons. The van der Waals surface area contributed by atoms with Crippen LogP contribution in [0, 0.1) is 11.3 Å². The molecule has 5 rings (SSSR count). The average molecular weight is 461 g/mol. The van der Waals surface area contributed by atoms with Gasteiger partial charge in [-0.15, -0.1) is 15.0 Å². The zero-order valence-corrected chi connectivity index (χ0v) is 18.6. The number of hydrogen-bond donors (Lipinski definition) is 3. The summed E-state index contributed by atoms with van der Waals surface area (Å²) >= 11 is 0. The number of aromatic nitrogens is 4. The number of anilines is 1. The highest BCUT2D eigenvalue weighted by atomic mass is 16.2. The molecular formula is C26H19N7O2. The maximum atomic E-state index is 12.8. The third-order valence-corrected chi connectivity index (χ3v) is 5.50. The van der Waals surface area contributed by atoms with Crippen LogP contribution in [0.4, 0.5) is 5.69 Å². The highest BCUT2D eigenvalue weighted by molar-refractivity contribution is 6.06. The van der Waals surface area contributed by atoms with Gasteiger partial charge in [0.05, 0.1) is 0 Å². The van der Waals surface area contributed by atoms with Crippen molar-refractivity contribution in [2.75, 3.05) is 12.4 Å². The standard InChI is InChI=1S/C26H19N7O2/c1-28-25(34)16-5-4-6-19(11-16)30-26(35)17-9-10-23-24(13-17)32-33(31-23)20(14-27)12-18-15-29-22-8-3-2-7-21(18)22/h2-13,15,29H,1H3,(H,28,34)(H,30,35)/b20-12+. The Hall–Kier alpha value is -5.23. The summed E-state index contributed by atoms with van der Waals surface area (Å²) in [6, 6.07) is 21.5. The molecule has 9 nitrogen and oxygen atoms in total. The SMILES string of the molecule is CNC(=O)c1cccc(NC(=O)c2ccc3nn(/C(C#N)=C/c4c[nH]c5ccccc45)nc3c2)c1. The number of amides is 2. The molecule has 35 heavy (non-hydrogen) atoms. The molecule has 0 radical (unpaired) electrons. The van der Waals surface area contributed by atoms with Crippen molar-refractivity contribution in [3.63, 3.8) is 0 Å². The molecular weight excluding hydrogens is 442 g/mol. The van der Waals surface area contributed by atoms with Gasteiger partial charge in [-0.25, -0.2) is 0 Å². The Bertz CT molecular complexity index is 1670. The molecule has 0 unspecified atom stereocenters. The number of benzene rings is 3. The van der Waals surface area contributed by atoms with Crippen LogP contribution in [-0.4, -0.2) is 38.8 Å². The molecule has 0 fully saturated rings. The van der Waals surface area contributed by atoms with Gasteiger partial charge >= 0.3 is 0 Å². The number of nitrogens with one attached hydrogen (secondary N) is 3. The number of fused-ring (bicyclic) bond motifs is 2. The quantitative estimate of drug-likeness (QED) is 0.340. The van der Waals surface area contributed by atoms with Gasteiger partial charge in [-0.05, 0) is 48.5 Å². The molecule has 0 aliphatic heterocycles. The molecule has 3 N–H and O–H groups in total. The van der Waals surface area contributed by atoms with Crippen LogP contribution in [0.3, 0.4) is 0 Å². The monoisotopic (exact) mass is 461 g/mol. The Morgan fingerprint density at radius 2 is 1.77 bits per heavy atom. The summed E-state index contributed by atoms with van der Waals surface area (Å²) in [5, 5.41) is 24.9. The maximum Gasteiger partial charge on any atom is 0.255 e. The fraction of sp³-hybridized carbons (Fsp3) is 0.0385. The molecule has 9 heteroatoms. The van der Waals surface area contributed by atoms with Crippen molar-refractivity contribution in [1.82, 2.24) is 25.3 Å². The first-order chi connectivity index (χ1) is 17.1. The molecule has 0 aliphatic carbocycles. The second-order valence-corrected chi connectivity index (χ2v) is 7.74. The average Bonchev–Trinajstić information content (AvgIpc) is 3.50. The third kappa shape index (κ3) is 4.24. The Balaban J connectivity index is 1.42. The van der Waals surface area contributed by atoms with Gasteiger partial charge in [0.1, 0.15) is 17.1 Å². The van der Waals surface area contributed by atoms with E-state index in [2.05, 4.69) is 31.9 Å². The van der Waals surface area contributed by atoms with Crippen molar-refractivity contribution in [1.29, 1.82) is 5.26 Å². The van der Waals surface area contributed by atoms with E-state index < -0.39 is 0 Å². The number of carbonyl (C=O) groups excluding carboxylic acids is 2. The third-order valence-electron chi connectivity index (χ3n) is 5.50. The fourth-order valence-corrected chi connectivity index (χ4v) is 3.74. The van der Waals surface area contributed by atoms with E-state index in [1.165, 1.54) is 4.80 Å². The number of para-hydroxylation sites is 1. The Morgan fingerprint density at radius 3 is 2.60 bits per heavy atom. The molecule has 0 aliphatic rings. The summed E-state index contributed by atoms with van der Waals surface area (Å²) in [6.07, 6.45) is 3.54. The van der Waals surface area contributed by atoms with Crippen LogP contribution in [0.25, 0.3) is 33.7 Å². The van der Waals surface area contributed by atoms with Crippen LogP contribution in [0.15, 0.2) is 72.9 Å². The summed E-state index contributed by atoms with van der Waals surface area (Å²) < 4.78 is 0. The van der Waals surface area contributed by atoms with E-state index in [0.29, 0.717) is 27.8 Å². The molecule has 0 atom stereocenters. The van der Waals surface area contributed by atoms with Crippen molar-refractivity contribution in [3.05, 3.63) is 89.6 Å². The zero-order chi connectivity index (χ0) is 24.4. The molecule has 2 aromatic heterocycles. The summed E-state index contributed by atoms with van der Waals surface area (Å²) in [5.41, 5.74) is 4.36. The molecule has 2 heterocycles. The van der Waals surface area contributed by atoms with Gasteiger partial charge in [0.15, 0.2) is 5.70 Å².